The van der Waals surface area contributed by atoms with E-state index in [1.54, 1.807) is 4.90 Å². The SMILES string of the molecule is O=C(O)CN(CC(=O)O)[C@H]1CCCC[C@@H]1N(CC(=O)O)Cc1ccc(CC(=O)Oc2c(F)c(F)c(F)c(F)c2F)cc1. The van der Waals surface area contributed by atoms with E-state index in [1.807, 2.05) is 0 Å². The van der Waals surface area contributed by atoms with Gasteiger partial charge in [0, 0.05) is 18.6 Å². The maximum absolute atomic E-state index is 13.8. The number of carboxylic acids is 3. The van der Waals surface area contributed by atoms with E-state index in [9.17, 15) is 56.4 Å². The van der Waals surface area contributed by atoms with Gasteiger partial charge in [-0.25, -0.2) is 13.2 Å². The number of carbonyl (C=O) groups is 4. The lowest BCUT2D eigenvalue weighted by Gasteiger charge is -2.44. The number of halogens is 5. The minimum Gasteiger partial charge on any atom is -0.480 e. The number of hydrogen-bond acceptors (Lipinski definition) is 7. The summed E-state index contributed by atoms with van der Waals surface area (Å²) in [5, 5.41) is 28.2. The lowest BCUT2D eigenvalue weighted by Crippen LogP contribution is -2.56. The average Bonchev–Trinajstić information content (AvgIpc) is 2.93. The first-order chi connectivity index (χ1) is 19.8. The second-order valence-electron chi connectivity index (χ2n) is 9.78. The summed E-state index contributed by atoms with van der Waals surface area (Å²) < 4.78 is 72.0. The molecule has 1 fully saturated rings. The molecule has 0 aliphatic heterocycles. The van der Waals surface area contributed by atoms with Crippen LogP contribution in [0.25, 0.3) is 0 Å². The second kappa shape index (κ2) is 14.2. The van der Waals surface area contributed by atoms with Crippen molar-refractivity contribution in [1.82, 2.24) is 9.80 Å². The molecule has 1 aliphatic carbocycles. The van der Waals surface area contributed by atoms with E-state index in [-0.39, 0.29) is 12.1 Å². The Bertz CT molecular complexity index is 1300. The third-order valence-electron chi connectivity index (χ3n) is 6.79. The number of carboxylic acid groups (broad SMARTS) is 3. The molecule has 228 valence electrons. The first kappa shape index (κ1) is 32.4. The lowest BCUT2D eigenvalue weighted by atomic mass is 9.87. The highest BCUT2D eigenvalue weighted by molar-refractivity contribution is 5.75. The van der Waals surface area contributed by atoms with Crippen molar-refractivity contribution in [1.29, 1.82) is 0 Å². The van der Waals surface area contributed by atoms with Crippen LogP contribution < -0.4 is 4.74 Å². The van der Waals surface area contributed by atoms with Crippen molar-refractivity contribution in [2.75, 3.05) is 19.6 Å². The Kier molecular flexibility index (Phi) is 10.9. The van der Waals surface area contributed by atoms with E-state index < -0.39 is 96.9 Å². The number of benzene rings is 2. The smallest absolute Gasteiger partial charge is 0.317 e. The molecule has 0 heterocycles. The molecule has 42 heavy (non-hydrogen) atoms. The maximum Gasteiger partial charge on any atom is 0.317 e. The quantitative estimate of drug-likeness (QED) is 0.103. The molecule has 10 nitrogen and oxygen atoms in total. The minimum absolute atomic E-state index is 0.0662. The van der Waals surface area contributed by atoms with Gasteiger partial charge in [0.25, 0.3) is 0 Å². The molecule has 0 amide bonds. The van der Waals surface area contributed by atoms with Crippen molar-refractivity contribution in [3.8, 4) is 5.75 Å². The van der Waals surface area contributed by atoms with Gasteiger partial charge in [-0.05, 0) is 24.0 Å². The molecule has 3 N–H and O–H groups in total. The second-order valence-corrected chi connectivity index (χ2v) is 9.78. The minimum atomic E-state index is -2.40. The molecule has 2 atom stereocenters. The molecule has 15 heteroatoms. The summed E-state index contributed by atoms with van der Waals surface area (Å²) in [6, 6.07) is 4.88. The number of ether oxygens (including phenoxy) is 1. The summed E-state index contributed by atoms with van der Waals surface area (Å²) in [6.07, 6.45) is 1.78. The number of aliphatic carboxylic acids is 3. The molecule has 0 radical (unpaired) electrons. The topological polar surface area (TPSA) is 145 Å². The molecule has 0 bridgehead atoms. The highest BCUT2D eigenvalue weighted by Gasteiger charge is 2.36. The predicted octanol–water partition coefficient (Wildman–Crippen LogP) is 3.20. The Hall–Kier alpha value is -4.11. The number of esters is 1. The highest BCUT2D eigenvalue weighted by Crippen LogP contribution is 2.30. The normalized spacial score (nSPS) is 16.9. The van der Waals surface area contributed by atoms with Crippen molar-refractivity contribution in [3.05, 3.63) is 64.5 Å². The van der Waals surface area contributed by atoms with Crippen LogP contribution >= 0.6 is 0 Å². The van der Waals surface area contributed by atoms with Crippen molar-refractivity contribution < 1.29 is 61.2 Å². The van der Waals surface area contributed by atoms with Crippen LogP contribution in [0.5, 0.6) is 5.75 Å². The monoisotopic (exact) mass is 602 g/mol. The maximum atomic E-state index is 13.8. The van der Waals surface area contributed by atoms with Gasteiger partial charge in [0.2, 0.25) is 34.8 Å². The summed E-state index contributed by atoms with van der Waals surface area (Å²) in [5.41, 5.74) is 0.822. The van der Waals surface area contributed by atoms with Gasteiger partial charge in [-0.1, -0.05) is 37.1 Å². The van der Waals surface area contributed by atoms with Gasteiger partial charge in [-0.15, -0.1) is 0 Å². The van der Waals surface area contributed by atoms with Crippen molar-refractivity contribution in [2.24, 2.45) is 0 Å². The molecular formula is C27H27F5N2O8. The first-order valence-corrected chi connectivity index (χ1v) is 12.7. The number of nitrogens with zero attached hydrogens (tertiary/aromatic N) is 2. The van der Waals surface area contributed by atoms with Crippen molar-refractivity contribution in [2.45, 2.75) is 50.7 Å². The molecule has 0 spiro atoms. The Morgan fingerprint density at radius 1 is 0.667 bits per heavy atom. The number of rotatable bonds is 13. The van der Waals surface area contributed by atoms with Gasteiger partial charge < -0.3 is 20.1 Å². The van der Waals surface area contributed by atoms with Crippen LogP contribution in [0.15, 0.2) is 24.3 Å². The Morgan fingerprint density at radius 2 is 1.07 bits per heavy atom. The highest BCUT2D eigenvalue weighted by atomic mass is 19.2. The molecular weight excluding hydrogens is 575 g/mol. The molecule has 1 saturated carbocycles. The molecule has 0 unspecified atom stereocenters. The van der Waals surface area contributed by atoms with Gasteiger partial charge in [0.1, 0.15) is 0 Å². The molecule has 3 rings (SSSR count). The standard InChI is InChI=1S/C27H27F5N2O8/c28-22-23(29)25(31)27(26(32)24(22)30)42-21(41)9-14-5-7-15(8-6-14)10-33(11-18(35)36)16-3-1-2-4-17(16)34(12-19(37)38)13-20(39)40/h5-8,16-17H,1-4,9-13H2,(H,35,36)(H,37,38)(H,39,40)/t16-,17-/m0/s1. The van der Waals surface area contributed by atoms with Crippen LogP contribution in [-0.2, 0) is 32.1 Å². The van der Waals surface area contributed by atoms with Gasteiger partial charge in [0.15, 0.2) is 0 Å². The van der Waals surface area contributed by atoms with Crippen molar-refractivity contribution in [3.63, 3.8) is 0 Å². The fraction of sp³-hybridized carbons (Fsp3) is 0.407. The van der Waals surface area contributed by atoms with E-state index in [0.717, 1.165) is 6.42 Å². The Labute approximate surface area is 235 Å². The zero-order chi connectivity index (χ0) is 31.1. The lowest BCUT2D eigenvalue weighted by molar-refractivity contribution is -0.146. The van der Waals surface area contributed by atoms with E-state index in [0.29, 0.717) is 24.8 Å². The fourth-order valence-corrected chi connectivity index (χ4v) is 5.03. The zero-order valence-corrected chi connectivity index (χ0v) is 22.0. The summed E-state index contributed by atoms with van der Waals surface area (Å²) in [5.74, 6) is -18.1. The average molecular weight is 603 g/mol. The molecule has 1 aliphatic rings. The largest absolute Gasteiger partial charge is 0.480 e. The molecule has 2 aromatic carbocycles. The van der Waals surface area contributed by atoms with E-state index in [2.05, 4.69) is 4.74 Å². The Balaban J connectivity index is 1.75. The van der Waals surface area contributed by atoms with E-state index >= 15 is 0 Å². The zero-order valence-electron chi connectivity index (χ0n) is 22.0. The van der Waals surface area contributed by atoms with Crippen LogP contribution in [0.4, 0.5) is 22.0 Å². The first-order valence-electron chi connectivity index (χ1n) is 12.7. The van der Waals surface area contributed by atoms with Crippen LogP contribution in [0, 0.1) is 29.1 Å². The van der Waals surface area contributed by atoms with Gasteiger partial charge >= 0.3 is 23.9 Å². The summed E-state index contributed by atoms with van der Waals surface area (Å²) in [4.78, 5) is 49.6. The molecule has 0 saturated heterocycles. The summed E-state index contributed by atoms with van der Waals surface area (Å²) in [6.45, 7) is -1.43. The summed E-state index contributed by atoms with van der Waals surface area (Å²) in [7, 11) is 0. The van der Waals surface area contributed by atoms with Crippen LogP contribution in [-0.4, -0.2) is 80.7 Å². The van der Waals surface area contributed by atoms with E-state index in [1.165, 1.54) is 29.2 Å². The predicted molar refractivity (Wildman–Crippen MR) is 133 cm³/mol. The Morgan fingerprint density at radius 3 is 1.55 bits per heavy atom. The van der Waals surface area contributed by atoms with E-state index in [4.69, 9.17) is 0 Å². The summed E-state index contributed by atoms with van der Waals surface area (Å²) >= 11 is 0. The van der Waals surface area contributed by atoms with Crippen LogP contribution in [0.1, 0.15) is 36.8 Å². The molecule has 0 aromatic heterocycles. The van der Waals surface area contributed by atoms with Gasteiger partial charge in [0.05, 0.1) is 26.1 Å². The van der Waals surface area contributed by atoms with Gasteiger partial charge in [-0.3, -0.25) is 29.0 Å². The van der Waals surface area contributed by atoms with Gasteiger partial charge in [-0.2, -0.15) is 8.78 Å². The number of carbonyl (C=O) groups excluding carboxylic acids is 1. The number of hydrogen-bond donors (Lipinski definition) is 3. The fourth-order valence-electron chi connectivity index (χ4n) is 5.03. The van der Waals surface area contributed by atoms with Crippen LogP contribution in [0.3, 0.4) is 0 Å². The van der Waals surface area contributed by atoms with Crippen molar-refractivity contribution >= 4 is 23.9 Å². The molecule has 2 aromatic rings. The third kappa shape index (κ3) is 8.22. The third-order valence-corrected chi connectivity index (χ3v) is 6.79. The van der Waals surface area contributed by atoms with Crippen LogP contribution in [0.2, 0.25) is 0 Å².